The van der Waals surface area contributed by atoms with E-state index >= 15 is 0 Å². The zero-order valence-electron chi connectivity index (χ0n) is 7.87. The molecule has 0 amide bonds. The number of anilines is 1. The number of rotatable bonds is 2. The molecule has 0 aromatic heterocycles. The first-order chi connectivity index (χ1) is 6.25. The molecule has 13 heavy (non-hydrogen) atoms. The maximum atomic E-state index is 5.94. The first kappa shape index (κ1) is 10.1. The maximum Gasteiger partial charge on any atom is 0.198 e. The predicted octanol–water partition coefficient (Wildman–Crippen LogP) is 2.74. The van der Waals surface area contributed by atoms with Crippen LogP contribution in [0.4, 0.5) is 5.69 Å². The number of para-hydroxylation sites is 1. The Balaban J connectivity index is 2.79. The summed E-state index contributed by atoms with van der Waals surface area (Å²) >= 11 is 5.94. The summed E-state index contributed by atoms with van der Waals surface area (Å²) in [6, 6.07) is 9.91. The zero-order chi connectivity index (χ0) is 9.68. The molecule has 0 N–H and O–H groups in total. The Hall–Kier alpha value is -1.02. The molecule has 3 heteroatoms. The van der Waals surface area contributed by atoms with Crippen LogP contribution in [0.15, 0.2) is 35.3 Å². The van der Waals surface area contributed by atoms with Gasteiger partial charge in [0, 0.05) is 19.3 Å². The van der Waals surface area contributed by atoms with E-state index in [9.17, 15) is 0 Å². The number of amidine groups is 1. The molecule has 0 spiro atoms. The molecule has 1 rings (SSSR count). The molecule has 0 heterocycles. The summed E-state index contributed by atoms with van der Waals surface area (Å²) in [7, 11) is 1.90. The van der Waals surface area contributed by atoms with Gasteiger partial charge in [-0.15, -0.1) is 0 Å². The third-order valence-electron chi connectivity index (χ3n) is 1.71. The van der Waals surface area contributed by atoms with Crippen molar-refractivity contribution in [3.05, 3.63) is 30.3 Å². The fourth-order valence-corrected chi connectivity index (χ4v) is 1.21. The topological polar surface area (TPSA) is 15.6 Å². The van der Waals surface area contributed by atoms with Gasteiger partial charge in [-0.05, 0) is 30.7 Å². The van der Waals surface area contributed by atoms with Crippen molar-refractivity contribution in [1.29, 1.82) is 0 Å². The van der Waals surface area contributed by atoms with Crippen molar-refractivity contribution in [2.45, 2.75) is 6.92 Å². The Morgan fingerprint density at radius 1 is 1.38 bits per heavy atom. The van der Waals surface area contributed by atoms with Crippen LogP contribution in [0.25, 0.3) is 0 Å². The maximum absolute atomic E-state index is 5.94. The molecule has 0 aliphatic rings. The number of aliphatic imine (C=N–C) groups is 1. The molecule has 2 nitrogen and oxygen atoms in total. The van der Waals surface area contributed by atoms with Crippen molar-refractivity contribution < 1.29 is 0 Å². The van der Waals surface area contributed by atoms with Crippen LogP contribution in [-0.4, -0.2) is 18.9 Å². The highest BCUT2D eigenvalue weighted by Gasteiger charge is 2.03. The lowest BCUT2D eigenvalue weighted by Crippen LogP contribution is -2.21. The van der Waals surface area contributed by atoms with Gasteiger partial charge in [0.25, 0.3) is 0 Å². The number of hydrogen-bond donors (Lipinski definition) is 0. The summed E-state index contributed by atoms with van der Waals surface area (Å²) in [5, 5.41) is 0.522. The molecule has 0 fully saturated rings. The lowest BCUT2D eigenvalue weighted by molar-refractivity contribution is 1.11. The molecule has 1 aromatic rings. The van der Waals surface area contributed by atoms with Gasteiger partial charge >= 0.3 is 0 Å². The molecule has 0 saturated heterocycles. The highest BCUT2D eigenvalue weighted by Crippen LogP contribution is 2.12. The Morgan fingerprint density at radius 3 is 2.54 bits per heavy atom. The quantitative estimate of drug-likeness (QED) is 0.404. The third-order valence-corrected chi connectivity index (χ3v) is 2.08. The number of nitrogens with zero attached hydrogens (tertiary/aromatic N) is 2. The van der Waals surface area contributed by atoms with Gasteiger partial charge in [-0.2, -0.15) is 0 Å². The van der Waals surface area contributed by atoms with E-state index in [1.54, 1.807) is 0 Å². The van der Waals surface area contributed by atoms with Crippen LogP contribution in [0.1, 0.15) is 6.92 Å². The monoisotopic (exact) mass is 196 g/mol. The molecule has 0 bridgehead atoms. The van der Waals surface area contributed by atoms with Gasteiger partial charge in [0.05, 0.1) is 0 Å². The second-order valence-corrected chi connectivity index (χ2v) is 2.98. The normalized spacial score (nSPS) is 11.5. The molecule has 0 radical (unpaired) electrons. The summed E-state index contributed by atoms with van der Waals surface area (Å²) in [6.07, 6.45) is 0. The van der Waals surface area contributed by atoms with Gasteiger partial charge in [-0.3, -0.25) is 4.99 Å². The summed E-state index contributed by atoms with van der Waals surface area (Å²) in [4.78, 5) is 5.96. The molecule has 70 valence electrons. The lowest BCUT2D eigenvalue weighted by atomic mass is 10.3. The fourth-order valence-electron chi connectivity index (χ4n) is 0.995. The van der Waals surface area contributed by atoms with E-state index in [0.29, 0.717) is 11.8 Å². The molecular formula is C10H13ClN2. The molecule has 0 aliphatic carbocycles. The van der Waals surface area contributed by atoms with Crippen molar-refractivity contribution >= 4 is 22.6 Å². The second kappa shape index (κ2) is 4.87. The summed E-state index contributed by atoms with van der Waals surface area (Å²) in [5.41, 5.74) is 1.05. The van der Waals surface area contributed by atoms with Gasteiger partial charge in [-0.25, -0.2) is 0 Å². The summed E-state index contributed by atoms with van der Waals surface area (Å²) in [5.74, 6) is 0. The van der Waals surface area contributed by atoms with Crippen LogP contribution >= 0.6 is 11.6 Å². The number of benzene rings is 1. The Labute approximate surface area is 83.8 Å². The highest BCUT2D eigenvalue weighted by molar-refractivity contribution is 6.67. The van der Waals surface area contributed by atoms with Gasteiger partial charge in [0.15, 0.2) is 5.29 Å². The molecular weight excluding hydrogens is 184 g/mol. The minimum atomic E-state index is 0.522. The van der Waals surface area contributed by atoms with Gasteiger partial charge < -0.3 is 4.90 Å². The number of halogens is 1. The van der Waals surface area contributed by atoms with Crippen LogP contribution in [0.2, 0.25) is 0 Å². The first-order valence-electron chi connectivity index (χ1n) is 4.24. The number of hydrogen-bond acceptors (Lipinski definition) is 1. The van der Waals surface area contributed by atoms with E-state index in [-0.39, 0.29) is 0 Å². The zero-order valence-corrected chi connectivity index (χ0v) is 8.62. The Morgan fingerprint density at radius 2 is 2.00 bits per heavy atom. The molecule has 0 aliphatic heterocycles. The average molecular weight is 197 g/mol. The summed E-state index contributed by atoms with van der Waals surface area (Å²) < 4.78 is 0. The van der Waals surface area contributed by atoms with E-state index in [0.717, 1.165) is 5.69 Å². The van der Waals surface area contributed by atoms with E-state index in [1.165, 1.54) is 0 Å². The second-order valence-electron chi connectivity index (χ2n) is 2.64. The lowest BCUT2D eigenvalue weighted by Gasteiger charge is -2.16. The Kier molecular flexibility index (Phi) is 3.77. The minimum Gasteiger partial charge on any atom is -0.320 e. The smallest absolute Gasteiger partial charge is 0.198 e. The summed E-state index contributed by atoms with van der Waals surface area (Å²) in [6.45, 7) is 2.66. The van der Waals surface area contributed by atoms with Crippen molar-refractivity contribution in [3.8, 4) is 0 Å². The van der Waals surface area contributed by atoms with Crippen molar-refractivity contribution in [1.82, 2.24) is 0 Å². The largest absolute Gasteiger partial charge is 0.320 e. The average Bonchev–Trinajstić information content (AvgIpc) is 2.18. The first-order valence-corrected chi connectivity index (χ1v) is 4.62. The third kappa shape index (κ3) is 2.74. The van der Waals surface area contributed by atoms with E-state index < -0.39 is 0 Å². The van der Waals surface area contributed by atoms with E-state index in [4.69, 9.17) is 11.6 Å². The fraction of sp³-hybridized carbons (Fsp3) is 0.300. The SMILES string of the molecule is CCN=C(Cl)N(C)c1ccccc1. The molecule has 0 saturated carbocycles. The van der Waals surface area contributed by atoms with Crippen LogP contribution in [0.5, 0.6) is 0 Å². The van der Waals surface area contributed by atoms with Crippen LogP contribution in [-0.2, 0) is 0 Å². The van der Waals surface area contributed by atoms with Gasteiger partial charge in [-0.1, -0.05) is 18.2 Å². The van der Waals surface area contributed by atoms with Crippen molar-refractivity contribution in [2.75, 3.05) is 18.5 Å². The highest BCUT2D eigenvalue weighted by atomic mass is 35.5. The van der Waals surface area contributed by atoms with Crippen LogP contribution < -0.4 is 4.90 Å². The van der Waals surface area contributed by atoms with Crippen molar-refractivity contribution in [2.24, 2.45) is 4.99 Å². The predicted molar refractivity (Wildman–Crippen MR) is 58.7 cm³/mol. The van der Waals surface area contributed by atoms with E-state index in [2.05, 4.69) is 4.99 Å². The molecule has 0 atom stereocenters. The van der Waals surface area contributed by atoms with Gasteiger partial charge in [0.1, 0.15) is 0 Å². The van der Waals surface area contributed by atoms with Crippen LogP contribution in [0.3, 0.4) is 0 Å². The minimum absolute atomic E-state index is 0.522. The molecule has 0 unspecified atom stereocenters. The molecule has 1 aromatic carbocycles. The Bertz CT molecular complexity index is 282. The van der Waals surface area contributed by atoms with Crippen molar-refractivity contribution in [3.63, 3.8) is 0 Å². The van der Waals surface area contributed by atoms with E-state index in [1.807, 2.05) is 49.2 Å². The van der Waals surface area contributed by atoms with Gasteiger partial charge in [0.2, 0.25) is 0 Å². The standard InChI is InChI=1S/C10H13ClN2/c1-3-12-10(11)13(2)9-7-5-4-6-8-9/h4-8H,3H2,1-2H3. The van der Waals surface area contributed by atoms with Crippen LogP contribution in [0, 0.1) is 0 Å².